The van der Waals surface area contributed by atoms with Crippen molar-refractivity contribution in [1.29, 1.82) is 5.26 Å². The zero-order valence-corrected chi connectivity index (χ0v) is 19.1. The number of halogens is 1. The number of nitrogens with one attached hydrogen (secondary N) is 1. The fourth-order valence-corrected chi connectivity index (χ4v) is 5.24. The van der Waals surface area contributed by atoms with E-state index in [0.29, 0.717) is 34.2 Å². The number of nitriles is 1. The Labute approximate surface area is 191 Å². The number of anilines is 1. The minimum Gasteiger partial charge on any atom is -0.381 e. The first-order valence-corrected chi connectivity index (χ1v) is 11.4. The number of methoxy groups -OCH3 is 1. The number of amidine groups is 1. The number of pyridine rings is 1. The van der Waals surface area contributed by atoms with Crippen molar-refractivity contribution in [2.24, 2.45) is 16.6 Å². The zero-order valence-electron chi connectivity index (χ0n) is 18.3. The number of nitrogens with zero attached hydrogens (tertiary/aromatic N) is 3. The summed E-state index contributed by atoms with van der Waals surface area (Å²) in [4.78, 5) is 21.4. The van der Waals surface area contributed by atoms with E-state index in [1.165, 1.54) is 42.2 Å². The first-order valence-electron chi connectivity index (χ1n) is 10.4. The quantitative estimate of drug-likeness (QED) is 0.651. The maximum Gasteiger partial charge on any atom is 0.274 e. The summed E-state index contributed by atoms with van der Waals surface area (Å²) >= 11 is 1.44. The molecule has 3 atom stereocenters. The lowest BCUT2D eigenvalue weighted by Gasteiger charge is -2.43. The first-order chi connectivity index (χ1) is 15.4. The van der Waals surface area contributed by atoms with Gasteiger partial charge in [0.2, 0.25) is 0 Å². The van der Waals surface area contributed by atoms with E-state index >= 15 is 4.39 Å². The number of carbonyl (C=O) groups excluding carboxylic acids is 1. The van der Waals surface area contributed by atoms with Crippen LogP contribution in [0.4, 0.5) is 10.1 Å². The largest absolute Gasteiger partial charge is 0.381 e. The number of benzene rings is 1. The Hall–Kier alpha value is -2.96. The molecule has 1 aromatic carbocycles. The molecule has 1 amide bonds. The molecule has 1 aliphatic rings. The molecule has 0 saturated heterocycles. The minimum absolute atomic E-state index is 0.0968. The van der Waals surface area contributed by atoms with Crippen LogP contribution in [0.25, 0.3) is 0 Å². The summed E-state index contributed by atoms with van der Waals surface area (Å²) in [5.41, 5.74) is 6.47. The second-order valence-corrected chi connectivity index (χ2v) is 8.56. The van der Waals surface area contributed by atoms with Crippen molar-refractivity contribution in [2.75, 3.05) is 18.2 Å². The Morgan fingerprint density at radius 2 is 2.22 bits per heavy atom. The number of ether oxygens (including phenoxy) is 1. The summed E-state index contributed by atoms with van der Waals surface area (Å²) < 4.78 is 20.9. The molecule has 32 heavy (non-hydrogen) atoms. The monoisotopic (exact) mass is 455 g/mol. The molecular formula is C23H26FN5O2S. The molecule has 168 valence electrons. The van der Waals surface area contributed by atoms with Crippen LogP contribution in [0, 0.1) is 23.1 Å². The molecule has 0 saturated carbocycles. The minimum atomic E-state index is -0.913. The summed E-state index contributed by atoms with van der Waals surface area (Å²) in [6.45, 7) is 3.98. The van der Waals surface area contributed by atoms with Gasteiger partial charge in [0.05, 0.1) is 17.2 Å². The Kier molecular flexibility index (Phi) is 7.48. The van der Waals surface area contributed by atoms with Gasteiger partial charge in [-0.25, -0.2) is 9.37 Å². The molecule has 2 heterocycles. The van der Waals surface area contributed by atoms with Gasteiger partial charge >= 0.3 is 0 Å². The van der Waals surface area contributed by atoms with Crippen LogP contribution in [-0.2, 0) is 10.3 Å². The molecule has 1 aromatic heterocycles. The predicted octanol–water partition coefficient (Wildman–Crippen LogP) is 4.05. The van der Waals surface area contributed by atoms with Crippen LogP contribution < -0.4 is 11.1 Å². The van der Waals surface area contributed by atoms with Gasteiger partial charge in [-0.1, -0.05) is 25.6 Å². The normalized spacial score (nSPS) is 21.3. The Balaban J connectivity index is 2.00. The molecule has 3 rings (SSSR count). The highest BCUT2D eigenvalue weighted by atomic mass is 32.2. The number of thioether (sulfide) groups is 1. The average molecular weight is 456 g/mol. The smallest absolute Gasteiger partial charge is 0.274 e. The SMILES string of the molecule is CC[C@H](OC)[C@H]1CSC(N)=N[C@]1(CC)c1cc(NC(=O)c2ccc(C#N)cn2)ccc1F. The van der Waals surface area contributed by atoms with Crippen molar-refractivity contribution in [3.8, 4) is 6.07 Å². The number of carbonyl (C=O) groups is 1. The van der Waals surface area contributed by atoms with Crippen LogP contribution >= 0.6 is 11.8 Å². The second kappa shape index (κ2) is 10.1. The summed E-state index contributed by atoms with van der Waals surface area (Å²) in [6, 6.07) is 9.38. The van der Waals surface area contributed by atoms with Gasteiger partial charge in [-0.2, -0.15) is 5.26 Å². The van der Waals surface area contributed by atoms with Crippen molar-refractivity contribution in [3.05, 3.63) is 59.2 Å². The van der Waals surface area contributed by atoms with Gasteiger partial charge in [0.1, 0.15) is 17.6 Å². The first kappa shape index (κ1) is 23.7. The topological polar surface area (TPSA) is 113 Å². The molecule has 0 unspecified atom stereocenters. The highest BCUT2D eigenvalue weighted by Gasteiger charge is 2.47. The number of hydrogen-bond donors (Lipinski definition) is 2. The van der Waals surface area contributed by atoms with Crippen molar-refractivity contribution < 1.29 is 13.9 Å². The van der Waals surface area contributed by atoms with E-state index in [1.807, 2.05) is 19.9 Å². The van der Waals surface area contributed by atoms with Gasteiger partial charge in [-0.15, -0.1) is 0 Å². The van der Waals surface area contributed by atoms with E-state index in [1.54, 1.807) is 13.2 Å². The molecule has 2 aromatic rings. The summed E-state index contributed by atoms with van der Waals surface area (Å²) in [6.07, 6.45) is 2.47. The average Bonchev–Trinajstić information content (AvgIpc) is 2.81. The summed E-state index contributed by atoms with van der Waals surface area (Å²) in [5, 5.41) is 12.1. The molecule has 0 aliphatic carbocycles. The van der Waals surface area contributed by atoms with E-state index < -0.39 is 17.3 Å². The fraction of sp³-hybridized carbons (Fsp3) is 0.391. The molecule has 9 heteroatoms. The van der Waals surface area contributed by atoms with Crippen LogP contribution in [0.3, 0.4) is 0 Å². The van der Waals surface area contributed by atoms with Gasteiger partial charge in [0.25, 0.3) is 5.91 Å². The van der Waals surface area contributed by atoms with Crippen molar-refractivity contribution >= 4 is 28.5 Å². The highest BCUT2D eigenvalue weighted by molar-refractivity contribution is 8.13. The number of amides is 1. The molecule has 3 N–H and O–H groups in total. The molecule has 7 nitrogen and oxygen atoms in total. The number of rotatable bonds is 7. The van der Waals surface area contributed by atoms with Gasteiger partial charge in [-0.05, 0) is 43.2 Å². The third kappa shape index (κ3) is 4.61. The van der Waals surface area contributed by atoms with E-state index in [4.69, 9.17) is 20.7 Å². The van der Waals surface area contributed by atoms with Crippen molar-refractivity contribution in [2.45, 2.75) is 38.3 Å². The number of nitrogens with two attached hydrogens (primary N) is 1. The second-order valence-electron chi connectivity index (χ2n) is 7.52. The van der Waals surface area contributed by atoms with Crippen LogP contribution in [0.15, 0.2) is 41.5 Å². The number of hydrogen-bond acceptors (Lipinski definition) is 7. The predicted molar refractivity (Wildman–Crippen MR) is 124 cm³/mol. The summed E-state index contributed by atoms with van der Waals surface area (Å²) in [5.74, 6) is -0.318. The molecule has 0 bridgehead atoms. The molecular weight excluding hydrogens is 429 g/mol. The van der Waals surface area contributed by atoms with Crippen LogP contribution in [-0.4, -0.2) is 35.0 Å². The van der Waals surface area contributed by atoms with Crippen LogP contribution in [0.1, 0.15) is 48.3 Å². The lowest BCUT2D eigenvalue weighted by atomic mass is 9.73. The Morgan fingerprint density at radius 3 is 2.81 bits per heavy atom. The van der Waals surface area contributed by atoms with E-state index in [-0.39, 0.29) is 17.7 Å². The zero-order chi connectivity index (χ0) is 23.3. The number of aromatic nitrogens is 1. The van der Waals surface area contributed by atoms with Crippen molar-refractivity contribution in [1.82, 2.24) is 4.98 Å². The molecule has 0 radical (unpaired) electrons. The third-order valence-corrected chi connectivity index (χ3v) is 6.76. The lowest BCUT2D eigenvalue weighted by Crippen LogP contribution is -2.47. The third-order valence-electron chi connectivity index (χ3n) is 5.84. The molecule has 0 spiro atoms. The van der Waals surface area contributed by atoms with Gasteiger partial charge in [0, 0.05) is 36.2 Å². The van der Waals surface area contributed by atoms with Crippen LogP contribution in [0.5, 0.6) is 0 Å². The maximum atomic E-state index is 15.2. The number of aliphatic imine (C=N–C) groups is 1. The van der Waals surface area contributed by atoms with Gasteiger partial charge < -0.3 is 15.8 Å². The molecule has 1 aliphatic heterocycles. The highest BCUT2D eigenvalue weighted by Crippen LogP contribution is 2.46. The maximum absolute atomic E-state index is 15.2. The standard InChI is InChI=1S/C23H26FN5O2S/c1-4-20(31-3)17-13-32-22(26)29-23(17,5-2)16-10-15(7-8-18(16)24)28-21(30)19-9-6-14(11-25)12-27-19/h6-10,12,17,20H,4-5,13H2,1-3H3,(H2,26,29)(H,28,30)/t17-,20+,23-/m1/s1. The fourth-order valence-electron chi connectivity index (χ4n) is 4.17. The summed E-state index contributed by atoms with van der Waals surface area (Å²) in [7, 11) is 1.65. The van der Waals surface area contributed by atoms with Gasteiger partial charge in [-0.3, -0.25) is 9.79 Å². The Morgan fingerprint density at radius 1 is 1.44 bits per heavy atom. The van der Waals surface area contributed by atoms with E-state index in [2.05, 4.69) is 10.3 Å². The van der Waals surface area contributed by atoms with E-state index in [9.17, 15) is 4.79 Å². The Bertz CT molecular complexity index is 1050. The van der Waals surface area contributed by atoms with Crippen molar-refractivity contribution in [3.63, 3.8) is 0 Å². The lowest BCUT2D eigenvalue weighted by molar-refractivity contribution is 0.0216. The van der Waals surface area contributed by atoms with Gasteiger partial charge in [0.15, 0.2) is 5.17 Å². The van der Waals surface area contributed by atoms with E-state index in [0.717, 1.165) is 6.42 Å². The molecule has 0 fully saturated rings. The van der Waals surface area contributed by atoms with Crippen LogP contribution in [0.2, 0.25) is 0 Å².